The van der Waals surface area contributed by atoms with E-state index in [0.29, 0.717) is 24.5 Å². The molecular formula is C14H23NO4S. The van der Waals surface area contributed by atoms with E-state index in [4.69, 9.17) is 8.97 Å². The Balaban J connectivity index is 2.68. The lowest BCUT2D eigenvalue weighted by Gasteiger charge is -2.15. The van der Waals surface area contributed by atoms with E-state index >= 15 is 0 Å². The first-order valence-corrected chi connectivity index (χ1v) is 8.34. The molecule has 0 amide bonds. The first-order chi connectivity index (χ1) is 9.13. The average molecular weight is 301 g/mol. The lowest BCUT2D eigenvalue weighted by atomic mass is 9.90. The van der Waals surface area contributed by atoms with E-state index in [1.807, 2.05) is 6.08 Å². The summed E-state index contributed by atoms with van der Waals surface area (Å²) >= 11 is 0. The van der Waals surface area contributed by atoms with Gasteiger partial charge in [-0.3, -0.25) is 4.55 Å². The maximum absolute atomic E-state index is 10.7. The van der Waals surface area contributed by atoms with E-state index in [2.05, 4.69) is 31.8 Å². The molecule has 1 aromatic heterocycles. The zero-order chi connectivity index (χ0) is 15.4. The second-order valence-corrected chi connectivity index (χ2v) is 7.19. The fourth-order valence-corrected chi connectivity index (χ4v) is 2.10. The van der Waals surface area contributed by atoms with E-state index in [1.165, 1.54) is 0 Å². The molecular weight excluding hydrogens is 278 g/mol. The smallest absolute Gasteiger partial charge is 0.264 e. The summed E-state index contributed by atoms with van der Waals surface area (Å²) in [5.74, 6) is 0.966. The zero-order valence-electron chi connectivity index (χ0n) is 12.5. The lowest BCUT2D eigenvalue weighted by Crippen LogP contribution is -2.05. The van der Waals surface area contributed by atoms with Gasteiger partial charge in [0.05, 0.1) is 11.4 Å². The van der Waals surface area contributed by atoms with Gasteiger partial charge in [-0.15, -0.1) is 0 Å². The van der Waals surface area contributed by atoms with Crippen molar-refractivity contribution in [3.05, 3.63) is 23.4 Å². The Morgan fingerprint density at radius 1 is 1.40 bits per heavy atom. The van der Waals surface area contributed by atoms with Gasteiger partial charge >= 0.3 is 0 Å². The zero-order valence-corrected chi connectivity index (χ0v) is 13.3. The van der Waals surface area contributed by atoms with Crippen LogP contribution < -0.4 is 0 Å². The van der Waals surface area contributed by atoms with E-state index < -0.39 is 10.1 Å². The molecule has 0 saturated heterocycles. The number of oxazole rings is 1. The van der Waals surface area contributed by atoms with Gasteiger partial charge in [-0.05, 0) is 37.7 Å². The Labute approximate surface area is 120 Å². The first kappa shape index (κ1) is 16.9. The van der Waals surface area contributed by atoms with Crippen LogP contribution in [-0.4, -0.2) is 23.7 Å². The fourth-order valence-electron chi connectivity index (χ4n) is 1.59. The molecule has 0 aliphatic carbocycles. The van der Waals surface area contributed by atoms with Gasteiger partial charge in [0.15, 0.2) is 0 Å². The fraction of sp³-hybridized carbons (Fsp3) is 0.643. The highest BCUT2D eigenvalue weighted by Gasteiger charge is 2.13. The van der Waals surface area contributed by atoms with E-state index in [0.717, 1.165) is 12.1 Å². The van der Waals surface area contributed by atoms with Gasteiger partial charge in [-0.25, -0.2) is 4.98 Å². The number of nitrogens with zero attached hydrogens (tertiary/aromatic N) is 1. The van der Waals surface area contributed by atoms with Crippen molar-refractivity contribution in [3.63, 3.8) is 0 Å². The predicted molar refractivity (Wildman–Crippen MR) is 79.1 cm³/mol. The molecule has 6 heteroatoms. The van der Waals surface area contributed by atoms with Gasteiger partial charge in [0.2, 0.25) is 5.89 Å². The summed E-state index contributed by atoms with van der Waals surface area (Å²) in [6, 6.07) is 0. The molecule has 5 nitrogen and oxygen atoms in total. The Morgan fingerprint density at radius 2 is 2.05 bits per heavy atom. The lowest BCUT2D eigenvalue weighted by molar-refractivity contribution is 0.461. The average Bonchev–Trinajstić information content (AvgIpc) is 2.67. The molecule has 0 radical (unpaired) electrons. The standard InChI is InChI=1S/C14H23NO4S/c1-5-14(3,4)9-8-13-15-12(11(2)19-13)7-6-10-20(16,17)18/h8-9H,5-7,10H2,1-4H3,(H,16,17,18)/b9-8+. The Bertz CT molecular complexity index is 570. The molecule has 0 aliphatic rings. The van der Waals surface area contributed by atoms with Crippen molar-refractivity contribution in [1.29, 1.82) is 0 Å². The van der Waals surface area contributed by atoms with Crippen molar-refractivity contribution in [1.82, 2.24) is 4.98 Å². The topological polar surface area (TPSA) is 80.4 Å². The van der Waals surface area contributed by atoms with Gasteiger partial charge in [-0.2, -0.15) is 8.42 Å². The molecule has 0 aliphatic heterocycles. The third-order valence-corrected chi connectivity index (χ3v) is 4.12. The minimum Gasteiger partial charge on any atom is -0.442 e. The molecule has 1 rings (SSSR count). The Morgan fingerprint density at radius 3 is 2.60 bits per heavy atom. The number of hydrogen-bond acceptors (Lipinski definition) is 4. The number of aromatic nitrogens is 1. The van der Waals surface area contributed by atoms with Crippen LogP contribution in [0.5, 0.6) is 0 Å². The van der Waals surface area contributed by atoms with Crippen molar-refractivity contribution in [3.8, 4) is 0 Å². The molecule has 1 aromatic rings. The van der Waals surface area contributed by atoms with Crippen LogP contribution in [0.4, 0.5) is 0 Å². The van der Waals surface area contributed by atoms with Gasteiger partial charge in [-0.1, -0.05) is 26.8 Å². The van der Waals surface area contributed by atoms with Crippen LogP contribution in [0.25, 0.3) is 6.08 Å². The maximum Gasteiger partial charge on any atom is 0.264 e. The van der Waals surface area contributed by atoms with Crippen molar-refractivity contribution >= 4 is 16.2 Å². The van der Waals surface area contributed by atoms with Gasteiger partial charge in [0.25, 0.3) is 10.1 Å². The molecule has 0 unspecified atom stereocenters. The van der Waals surface area contributed by atoms with Crippen LogP contribution in [0.3, 0.4) is 0 Å². The third-order valence-electron chi connectivity index (χ3n) is 3.31. The first-order valence-electron chi connectivity index (χ1n) is 6.73. The molecule has 0 saturated carbocycles. The number of rotatable bonds is 7. The van der Waals surface area contributed by atoms with E-state index in [-0.39, 0.29) is 11.2 Å². The van der Waals surface area contributed by atoms with Gasteiger partial charge in [0, 0.05) is 0 Å². The highest BCUT2D eigenvalue weighted by Crippen LogP contribution is 2.23. The molecule has 0 atom stereocenters. The van der Waals surface area contributed by atoms with Crippen molar-refractivity contribution in [2.24, 2.45) is 5.41 Å². The summed E-state index contributed by atoms with van der Waals surface area (Å²) in [4.78, 5) is 4.34. The van der Waals surface area contributed by atoms with Crippen molar-refractivity contribution in [2.75, 3.05) is 5.75 Å². The Hall–Kier alpha value is -1.14. The van der Waals surface area contributed by atoms with Crippen LogP contribution in [0.15, 0.2) is 10.5 Å². The quantitative estimate of drug-likeness (QED) is 0.782. The molecule has 0 bridgehead atoms. The molecule has 20 heavy (non-hydrogen) atoms. The monoisotopic (exact) mass is 301 g/mol. The molecule has 1 heterocycles. The van der Waals surface area contributed by atoms with Crippen molar-refractivity contribution in [2.45, 2.75) is 47.0 Å². The highest BCUT2D eigenvalue weighted by molar-refractivity contribution is 7.85. The van der Waals surface area contributed by atoms with Gasteiger partial charge < -0.3 is 4.42 Å². The maximum atomic E-state index is 10.7. The van der Waals surface area contributed by atoms with Crippen LogP contribution in [0, 0.1) is 12.3 Å². The minimum atomic E-state index is -3.91. The molecule has 1 N–H and O–H groups in total. The van der Waals surface area contributed by atoms with Crippen LogP contribution >= 0.6 is 0 Å². The normalized spacial score (nSPS) is 13.2. The second-order valence-electron chi connectivity index (χ2n) is 5.62. The largest absolute Gasteiger partial charge is 0.442 e. The third kappa shape index (κ3) is 5.88. The number of hydrogen-bond donors (Lipinski definition) is 1. The Kier molecular flexibility index (Phi) is 5.53. The summed E-state index contributed by atoms with van der Waals surface area (Å²) in [5.41, 5.74) is 0.829. The van der Waals surface area contributed by atoms with Gasteiger partial charge in [0.1, 0.15) is 5.76 Å². The molecule has 0 spiro atoms. The van der Waals surface area contributed by atoms with E-state index in [1.54, 1.807) is 6.92 Å². The highest BCUT2D eigenvalue weighted by atomic mass is 32.2. The summed E-state index contributed by atoms with van der Waals surface area (Å²) in [7, 11) is -3.91. The molecule has 114 valence electrons. The summed E-state index contributed by atoms with van der Waals surface area (Å²) in [6.07, 6.45) is 5.73. The minimum absolute atomic E-state index is 0.0908. The summed E-state index contributed by atoms with van der Waals surface area (Å²) < 4.78 is 35.5. The summed E-state index contributed by atoms with van der Waals surface area (Å²) in [6.45, 7) is 8.18. The SMILES string of the molecule is CCC(C)(C)/C=C/c1nc(CCCS(=O)(=O)O)c(C)o1. The van der Waals surface area contributed by atoms with Crippen LogP contribution in [-0.2, 0) is 16.5 Å². The van der Waals surface area contributed by atoms with Crippen LogP contribution in [0.1, 0.15) is 51.0 Å². The number of aryl methyl sites for hydroxylation is 2. The second kappa shape index (κ2) is 6.54. The summed E-state index contributed by atoms with van der Waals surface area (Å²) in [5, 5.41) is 0. The van der Waals surface area contributed by atoms with Crippen molar-refractivity contribution < 1.29 is 17.4 Å². The number of allylic oxidation sites excluding steroid dienone is 1. The van der Waals surface area contributed by atoms with E-state index in [9.17, 15) is 8.42 Å². The molecule has 0 aromatic carbocycles. The van der Waals surface area contributed by atoms with Crippen LogP contribution in [0.2, 0.25) is 0 Å². The molecule has 0 fully saturated rings. The predicted octanol–water partition coefficient (Wildman–Crippen LogP) is 3.25.